The van der Waals surface area contributed by atoms with Crippen molar-refractivity contribution in [2.45, 2.75) is 112 Å². The SMILES string of the molecule is Cc1cc(-n2c3[c-]c(Oc4[c-]c(N5[CH-]N(c6cc(C(C)(C)C)cc(C(C)(C)C)c6)c6ccc(-c7ccccc7)cc65)ccc4)cc(C(C)(C)C)c3c3ccccc32)ncc1-c1ccc(C(C)(C)C)cc1.[Pt]. The predicted molar refractivity (Wildman–Crippen MR) is 295 cm³/mol. The Labute approximate surface area is 436 Å². The normalized spacial score (nSPS) is 13.2. The fourth-order valence-electron chi connectivity index (χ4n) is 9.73. The van der Waals surface area contributed by atoms with Crippen LogP contribution in [0, 0.1) is 25.7 Å². The Morgan fingerprint density at radius 1 is 0.521 bits per heavy atom. The molecule has 0 saturated heterocycles. The van der Waals surface area contributed by atoms with Gasteiger partial charge >= 0.3 is 0 Å². The van der Waals surface area contributed by atoms with Crippen LogP contribution in [0.25, 0.3) is 49.9 Å². The fraction of sp³-hybridized carbons (Fsp3) is 0.262. The van der Waals surface area contributed by atoms with E-state index in [1.165, 1.54) is 27.8 Å². The molecule has 0 atom stereocenters. The van der Waals surface area contributed by atoms with E-state index in [4.69, 9.17) is 9.72 Å². The van der Waals surface area contributed by atoms with Crippen LogP contribution >= 0.6 is 0 Å². The minimum atomic E-state index is -0.219. The van der Waals surface area contributed by atoms with Crippen molar-refractivity contribution < 1.29 is 25.8 Å². The van der Waals surface area contributed by atoms with E-state index in [0.717, 1.165) is 72.6 Å². The third kappa shape index (κ3) is 9.59. The average molecular weight is 1110 g/mol. The largest absolute Gasteiger partial charge is 0.509 e. The Kier molecular flexibility index (Phi) is 12.8. The van der Waals surface area contributed by atoms with Crippen molar-refractivity contribution in [2.24, 2.45) is 0 Å². The van der Waals surface area contributed by atoms with Crippen LogP contribution in [0.1, 0.15) is 111 Å². The van der Waals surface area contributed by atoms with Crippen LogP contribution in [0.5, 0.6) is 11.5 Å². The third-order valence-corrected chi connectivity index (χ3v) is 13.8. The Hall–Kier alpha value is -6.42. The topological polar surface area (TPSA) is 33.5 Å². The Bertz CT molecular complexity index is 3400. The first-order chi connectivity index (χ1) is 33.1. The fourth-order valence-corrected chi connectivity index (χ4v) is 9.73. The van der Waals surface area contributed by atoms with Crippen molar-refractivity contribution in [3.8, 4) is 39.6 Å². The molecule has 0 aliphatic carbocycles. The maximum absolute atomic E-state index is 6.94. The number of benzene rings is 7. The van der Waals surface area contributed by atoms with Crippen LogP contribution in [0.2, 0.25) is 0 Å². The van der Waals surface area contributed by atoms with E-state index in [1.54, 1.807) is 0 Å². The van der Waals surface area contributed by atoms with Crippen molar-refractivity contribution in [2.75, 3.05) is 9.80 Å². The van der Waals surface area contributed by atoms with Crippen molar-refractivity contribution in [3.05, 3.63) is 198 Å². The van der Waals surface area contributed by atoms with E-state index in [1.807, 2.05) is 12.3 Å². The van der Waals surface area contributed by atoms with E-state index < -0.39 is 0 Å². The number of anilines is 4. The number of aromatic nitrogens is 2. The van der Waals surface area contributed by atoms with Gasteiger partial charge in [0, 0.05) is 66.9 Å². The summed E-state index contributed by atoms with van der Waals surface area (Å²) in [6.45, 7) is 31.7. The van der Waals surface area contributed by atoms with E-state index in [9.17, 15) is 0 Å². The molecule has 0 N–H and O–H groups in total. The molecule has 0 amide bonds. The van der Waals surface area contributed by atoms with E-state index in [2.05, 4.69) is 263 Å². The summed E-state index contributed by atoms with van der Waals surface area (Å²) >= 11 is 0. The zero-order valence-electron chi connectivity index (χ0n) is 43.5. The van der Waals surface area contributed by atoms with Crippen LogP contribution in [0.4, 0.5) is 22.7 Å². The summed E-state index contributed by atoms with van der Waals surface area (Å²) in [4.78, 5) is 9.76. The van der Waals surface area contributed by atoms with Gasteiger partial charge in [-0.15, -0.1) is 48.3 Å². The van der Waals surface area contributed by atoms with Gasteiger partial charge < -0.3 is 19.1 Å². The van der Waals surface area contributed by atoms with Crippen LogP contribution < -0.4 is 14.5 Å². The second-order valence-corrected chi connectivity index (χ2v) is 23.3. The molecule has 364 valence electrons. The Balaban J connectivity index is 0.00000624. The van der Waals surface area contributed by atoms with Gasteiger partial charge in [0.1, 0.15) is 5.82 Å². The number of hydrogen-bond acceptors (Lipinski definition) is 4. The first-order valence-electron chi connectivity index (χ1n) is 24.7. The van der Waals surface area contributed by atoms with Crippen molar-refractivity contribution in [3.63, 3.8) is 0 Å². The zero-order valence-corrected chi connectivity index (χ0v) is 45.8. The molecule has 0 fully saturated rings. The molecule has 71 heavy (non-hydrogen) atoms. The number of pyridine rings is 1. The quantitative estimate of drug-likeness (QED) is 0.149. The first kappa shape index (κ1) is 49.6. The molecule has 0 radical (unpaired) electrons. The van der Waals surface area contributed by atoms with Gasteiger partial charge in [-0.1, -0.05) is 179 Å². The molecule has 0 saturated carbocycles. The van der Waals surface area contributed by atoms with Gasteiger partial charge in [0.25, 0.3) is 0 Å². The van der Waals surface area contributed by atoms with Crippen LogP contribution in [-0.4, -0.2) is 9.55 Å². The molecule has 0 bridgehead atoms. The van der Waals surface area contributed by atoms with Gasteiger partial charge in [0.15, 0.2) is 0 Å². The monoisotopic (exact) mass is 1110 g/mol. The van der Waals surface area contributed by atoms with Gasteiger partial charge in [-0.3, -0.25) is 0 Å². The maximum Gasteiger partial charge on any atom is 0.135 e. The second kappa shape index (κ2) is 18.3. The third-order valence-electron chi connectivity index (χ3n) is 13.8. The minimum absolute atomic E-state index is 0. The summed E-state index contributed by atoms with van der Waals surface area (Å²) < 4.78 is 9.19. The molecule has 10 rings (SSSR count). The summed E-state index contributed by atoms with van der Waals surface area (Å²) in [7, 11) is 0. The van der Waals surface area contributed by atoms with Gasteiger partial charge in [0.2, 0.25) is 0 Å². The van der Waals surface area contributed by atoms with Gasteiger partial charge in [-0.2, -0.15) is 6.07 Å². The van der Waals surface area contributed by atoms with E-state index in [0.29, 0.717) is 11.5 Å². The molecule has 1 aliphatic heterocycles. The molecule has 5 nitrogen and oxygen atoms in total. The smallest absolute Gasteiger partial charge is 0.135 e. The van der Waals surface area contributed by atoms with Gasteiger partial charge in [-0.25, -0.2) is 4.98 Å². The average Bonchev–Trinajstić information content (AvgIpc) is 3.86. The Morgan fingerprint density at radius 3 is 1.82 bits per heavy atom. The van der Waals surface area contributed by atoms with Gasteiger partial charge in [-0.05, 0) is 109 Å². The van der Waals surface area contributed by atoms with E-state index in [-0.39, 0.29) is 42.7 Å². The molecular formula is C65H65N4OPt-3. The molecule has 9 aromatic rings. The second-order valence-electron chi connectivity index (χ2n) is 23.3. The molecule has 3 heterocycles. The van der Waals surface area contributed by atoms with Crippen LogP contribution in [0.15, 0.2) is 152 Å². The van der Waals surface area contributed by atoms with Crippen molar-refractivity contribution >= 4 is 44.6 Å². The molecule has 6 heteroatoms. The number of rotatable bonds is 7. The standard InChI is InChI=1S/C65H65N4O.Pt/c1-42-32-60(66-40-54(42)44-26-29-46(30-27-44)62(2,3)4)69-56-25-18-17-24-53(56)61-55(65(11,12)13)38-52(39-59(61)69)70-51-23-19-22-49(37-51)67-41-68(50-35-47(63(5,6)7)34-48(36-50)64(8,9)10)57-31-28-45(33-58(57)67)43-20-15-14-16-21-43;/h14-36,38,40-41H,1-13H3;/q-3;. The summed E-state index contributed by atoms with van der Waals surface area (Å²) in [5, 5.41) is 2.31. The first-order valence-corrected chi connectivity index (χ1v) is 24.7. The number of fused-ring (bicyclic) bond motifs is 4. The molecule has 2 aromatic heterocycles. The minimum Gasteiger partial charge on any atom is -0.509 e. The zero-order chi connectivity index (χ0) is 49.5. The van der Waals surface area contributed by atoms with Gasteiger partial charge in [0.05, 0.1) is 0 Å². The van der Waals surface area contributed by atoms with E-state index >= 15 is 0 Å². The number of nitrogens with zero attached hydrogens (tertiary/aromatic N) is 4. The number of hydrogen-bond donors (Lipinski definition) is 0. The maximum atomic E-state index is 6.94. The molecular weight excluding hydrogens is 1050 g/mol. The van der Waals surface area contributed by atoms with Crippen molar-refractivity contribution in [1.82, 2.24) is 9.55 Å². The van der Waals surface area contributed by atoms with Crippen LogP contribution in [-0.2, 0) is 42.7 Å². The number of aryl methyl sites for hydroxylation is 1. The van der Waals surface area contributed by atoms with Crippen LogP contribution in [0.3, 0.4) is 0 Å². The Morgan fingerprint density at radius 2 is 1.17 bits per heavy atom. The molecule has 0 spiro atoms. The number of ether oxygens (including phenoxy) is 1. The molecule has 0 unspecified atom stereocenters. The predicted octanol–water partition coefficient (Wildman–Crippen LogP) is 17.8. The number of para-hydroxylation sites is 1. The summed E-state index contributed by atoms with van der Waals surface area (Å²) in [6, 6.07) is 60.0. The van der Waals surface area contributed by atoms with Crippen molar-refractivity contribution in [1.29, 1.82) is 0 Å². The summed E-state index contributed by atoms with van der Waals surface area (Å²) in [5.74, 6) is 2.06. The summed E-state index contributed by atoms with van der Waals surface area (Å²) in [5.41, 5.74) is 16.8. The molecule has 1 aliphatic rings. The summed E-state index contributed by atoms with van der Waals surface area (Å²) in [6.07, 6.45) is 2.02. The molecule has 7 aromatic carbocycles.